The van der Waals surface area contributed by atoms with Crippen LogP contribution in [0.4, 0.5) is 5.69 Å². The molecule has 0 atom stereocenters. The number of fused-ring (bicyclic) bond motifs is 1. The van der Waals surface area contributed by atoms with Gasteiger partial charge in [-0.3, -0.25) is 4.79 Å². The number of anilines is 1. The van der Waals surface area contributed by atoms with Crippen molar-refractivity contribution in [2.75, 3.05) is 12.4 Å². The van der Waals surface area contributed by atoms with E-state index >= 15 is 0 Å². The Morgan fingerprint density at radius 3 is 2.70 bits per heavy atom. The lowest BCUT2D eigenvalue weighted by molar-refractivity contribution is 0.102. The number of pyridine rings is 1. The van der Waals surface area contributed by atoms with Crippen molar-refractivity contribution < 1.29 is 9.53 Å². The van der Waals surface area contributed by atoms with Crippen LogP contribution in [0, 0.1) is 0 Å². The van der Waals surface area contributed by atoms with E-state index in [2.05, 4.69) is 26.2 Å². The Morgan fingerprint density at radius 1 is 1.11 bits per heavy atom. The van der Waals surface area contributed by atoms with Gasteiger partial charge in [0.15, 0.2) is 0 Å². The summed E-state index contributed by atoms with van der Waals surface area (Å²) >= 11 is 3.41. The minimum Gasteiger partial charge on any atom is -0.495 e. The summed E-state index contributed by atoms with van der Waals surface area (Å²) in [4.78, 5) is 17.3. The van der Waals surface area contributed by atoms with Crippen LogP contribution >= 0.6 is 15.9 Å². The van der Waals surface area contributed by atoms with Crippen molar-refractivity contribution in [2.24, 2.45) is 0 Å². The first-order chi connectivity index (χ1) is 13.2. The van der Waals surface area contributed by atoms with E-state index in [1.54, 1.807) is 13.2 Å². The number of amides is 1. The molecule has 0 radical (unpaired) electrons. The van der Waals surface area contributed by atoms with Crippen LogP contribution in [0.1, 0.15) is 10.4 Å². The molecule has 1 amide bonds. The Hall–Kier alpha value is -3.12. The second kappa shape index (κ2) is 7.25. The number of rotatable bonds is 4. The van der Waals surface area contributed by atoms with Gasteiger partial charge < -0.3 is 14.5 Å². The van der Waals surface area contributed by atoms with E-state index in [0.29, 0.717) is 17.0 Å². The molecule has 2 aromatic heterocycles. The summed E-state index contributed by atoms with van der Waals surface area (Å²) in [7, 11) is 1.58. The zero-order valence-corrected chi connectivity index (χ0v) is 16.1. The summed E-state index contributed by atoms with van der Waals surface area (Å²) in [6.07, 6.45) is 3.90. The second-order valence-electron chi connectivity index (χ2n) is 5.94. The highest BCUT2D eigenvalue weighted by atomic mass is 79.9. The Labute approximate surface area is 164 Å². The van der Waals surface area contributed by atoms with E-state index in [-0.39, 0.29) is 5.91 Å². The topological polar surface area (TPSA) is 55.6 Å². The number of halogens is 1. The van der Waals surface area contributed by atoms with Gasteiger partial charge in [0, 0.05) is 22.4 Å². The van der Waals surface area contributed by atoms with Gasteiger partial charge in [0.1, 0.15) is 11.4 Å². The number of benzene rings is 2. The number of aromatic nitrogens is 2. The van der Waals surface area contributed by atoms with Crippen LogP contribution in [0.25, 0.3) is 16.9 Å². The molecule has 0 aliphatic rings. The molecule has 0 bridgehead atoms. The molecular formula is C21H16BrN3O2. The van der Waals surface area contributed by atoms with E-state index in [4.69, 9.17) is 4.74 Å². The predicted molar refractivity (Wildman–Crippen MR) is 109 cm³/mol. The van der Waals surface area contributed by atoms with Crippen molar-refractivity contribution in [1.82, 2.24) is 9.38 Å². The molecule has 27 heavy (non-hydrogen) atoms. The summed E-state index contributed by atoms with van der Waals surface area (Å²) in [5.41, 5.74) is 3.72. The smallest absolute Gasteiger partial charge is 0.256 e. The van der Waals surface area contributed by atoms with Crippen molar-refractivity contribution in [1.29, 1.82) is 0 Å². The third kappa shape index (κ3) is 3.44. The fourth-order valence-electron chi connectivity index (χ4n) is 2.87. The molecular weight excluding hydrogens is 406 g/mol. The van der Waals surface area contributed by atoms with E-state index < -0.39 is 0 Å². The quantitative estimate of drug-likeness (QED) is 0.502. The standard InChI is InChI=1S/C21H16BrN3O2/c1-27-19-10-9-14(18-13-25-11-5-4-8-20(25)23-18)12-17(19)24-21(26)15-6-2-3-7-16(15)22/h2-13H,1H3,(H,24,26). The van der Waals surface area contributed by atoms with Gasteiger partial charge in [-0.1, -0.05) is 18.2 Å². The molecule has 0 unspecified atom stereocenters. The molecule has 2 aromatic carbocycles. The summed E-state index contributed by atoms with van der Waals surface area (Å²) < 4.78 is 8.10. The van der Waals surface area contributed by atoms with Crippen LogP contribution in [0.2, 0.25) is 0 Å². The Kier molecular flexibility index (Phi) is 4.64. The summed E-state index contributed by atoms with van der Waals surface area (Å²) in [5, 5.41) is 2.93. The molecule has 1 N–H and O–H groups in total. The van der Waals surface area contributed by atoms with E-state index in [9.17, 15) is 4.79 Å². The Morgan fingerprint density at radius 2 is 1.93 bits per heavy atom. The molecule has 134 valence electrons. The molecule has 4 aromatic rings. The highest BCUT2D eigenvalue weighted by Crippen LogP contribution is 2.31. The van der Waals surface area contributed by atoms with Gasteiger partial charge in [0.25, 0.3) is 5.91 Å². The maximum absolute atomic E-state index is 12.7. The number of imidazole rings is 1. The number of ether oxygens (including phenoxy) is 1. The number of methoxy groups -OCH3 is 1. The lowest BCUT2D eigenvalue weighted by Crippen LogP contribution is -2.13. The average molecular weight is 422 g/mol. The highest BCUT2D eigenvalue weighted by Gasteiger charge is 2.14. The minimum atomic E-state index is -0.215. The van der Waals surface area contributed by atoms with Crippen molar-refractivity contribution in [3.8, 4) is 17.0 Å². The molecule has 5 nitrogen and oxygen atoms in total. The molecule has 0 saturated carbocycles. The third-order valence-corrected chi connectivity index (χ3v) is 4.92. The van der Waals surface area contributed by atoms with Gasteiger partial charge in [-0.05, 0) is 58.4 Å². The zero-order chi connectivity index (χ0) is 18.8. The molecule has 0 aliphatic carbocycles. The molecule has 2 heterocycles. The third-order valence-electron chi connectivity index (χ3n) is 4.23. The van der Waals surface area contributed by atoms with Gasteiger partial charge >= 0.3 is 0 Å². The number of nitrogens with zero attached hydrogens (tertiary/aromatic N) is 2. The zero-order valence-electron chi connectivity index (χ0n) is 14.5. The normalized spacial score (nSPS) is 10.7. The fourth-order valence-corrected chi connectivity index (χ4v) is 3.34. The van der Waals surface area contributed by atoms with Crippen molar-refractivity contribution in [3.05, 3.63) is 83.1 Å². The SMILES string of the molecule is COc1ccc(-c2cn3ccccc3n2)cc1NC(=O)c1ccccc1Br. The molecule has 0 fully saturated rings. The highest BCUT2D eigenvalue weighted by molar-refractivity contribution is 9.10. The van der Waals surface area contributed by atoms with E-state index in [1.807, 2.05) is 71.4 Å². The van der Waals surface area contributed by atoms with Crippen LogP contribution in [-0.4, -0.2) is 22.4 Å². The van der Waals surface area contributed by atoms with Crippen molar-refractivity contribution in [3.63, 3.8) is 0 Å². The van der Waals surface area contributed by atoms with Crippen LogP contribution in [0.5, 0.6) is 5.75 Å². The number of nitrogens with one attached hydrogen (secondary N) is 1. The second-order valence-corrected chi connectivity index (χ2v) is 6.80. The molecule has 0 saturated heterocycles. The molecule has 0 spiro atoms. The van der Waals surface area contributed by atoms with Gasteiger partial charge in [-0.2, -0.15) is 0 Å². The predicted octanol–water partition coefficient (Wildman–Crippen LogP) is 5.02. The van der Waals surface area contributed by atoms with E-state index in [1.165, 1.54) is 0 Å². The summed E-state index contributed by atoms with van der Waals surface area (Å²) in [6, 6.07) is 18.8. The first kappa shape index (κ1) is 17.3. The van der Waals surface area contributed by atoms with Gasteiger partial charge in [-0.15, -0.1) is 0 Å². The molecule has 6 heteroatoms. The lowest BCUT2D eigenvalue weighted by Gasteiger charge is -2.12. The average Bonchev–Trinajstić information content (AvgIpc) is 3.12. The van der Waals surface area contributed by atoms with Gasteiger partial charge in [-0.25, -0.2) is 4.98 Å². The number of carbonyl (C=O) groups is 1. The van der Waals surface area contributed by atoms with E-state index in [0.717, 1.165) is 21.4 Å². The first-order valence-electron chi connectivity index (χ1n) is 8.34. The Bertz CT molecular complexity index is 1100. The summed E-state index contributed by atoms with van der Waals surface area (Å²) in [5.74, 6) is 0.371. The Balaban J connectivity index is 1.70. The van der Waals surface area contributed by atoms with Crippen molar-refractivity contribution >= 4 is 33.2 Å². The van der Waals surface area contributed by atoms with Crippen LogP contribution < -0.4 is 10.1 Å². The van der Waals surface area contributed by atoms with Crippen LogP contribution in [0.3, 0.4) is 0 Å². The van der Waals surface area contributed by atoms with Crippen molar-refractivity contribution in [2.45, 2.75) is 0 Å². The first-order valence-corrected chi connectivity index (χ1v) is 9.13. The fraction of sp³-hybridized carbons (Fsp3) is 0.0476. The maximum atomic E-state index is 12.7. The maximum Gasteiger partial charge on any atom is 0.256 e. The van der Waals surface area contributed by atoms with Gasteiger partial charge in [0.2, 0.25) is 0 Å². The molecule has 4 rings (SSSR count). The summed E-state index contributed by atoms with van der Waals surface area (Å²) in [6.45, 7) is 0. The number of hydrogen-bond acceptors (Lipinski definition) is 3. The monoisotopic (exact) mass is 421 g/mol. The van der Waals surface area contributed by atoms with Crippen LogP contribution in [-0.2, 0) is 0 Å². The minimum absolute atomic E-state index is 0.215. The molecule has 0 aliphatic heterocycles. The van der Waals surface area contributed by atoms with Gasteiger partial charge in [0.05, 0.1) is 24.1 Å². The number of carbonyl (C=O) groups excluding carboxylic acids is 1. The van der Waals surface area contributed by atoms with Crippen LogP contribution in [0.15, 0.2) is 77.5 Å². The lowest BCUT2D eigenvalue weighted by atomic mass is 10.1. The number of hydrogen-bond donors (Lipinski definition) is 1. The largest absolute Gasteiger partial charge is 0.495 e.